The van der Waals surface area contributed by atoms with Gasteiger partial charge in [0.25, 0.3) is 5.91 Å². The Bertz CT molecular complexity index is 488. The van der Waals surface area contributed by atoms with Crippen molar-refractivity contribution in [1.29, 1.82) is 0 Å². The zero-order valence-electron chi connectivity index (χ0n) is 10.2. The van der Waals surface area contributed by atoms with Crippen LogP contribution in [0, 0.1) is 6.92 Å². The zero-order chi connectivity index (χ0) is 13.1. The maximum absolute atomic E-state index is 12.3. The van der Waals surface area contributed by atoms with Crippen LogP contribution in [0.2, 0.25) is 5.02 Å². The minimum Gasteiger partial charge on any atom is -0.354 e. The molecular weight excluding hydrogens is 252 g/mol. The van der Waals surface area contributed by atoms with Crippen molar-refractivity contribution in [2.45, 2.75) is 13.3 Å². The molecule has 0 radical (unpaired) electrons. The molecule has 0 unspecified atom stereocenters. The molecule has 1 aromatic rings. The molecule has 1 saturated heterocycles. The Hall–Kier alpha value is -1.55. The summed E-state index contributed by atoms with van der Waals surface area (Å²) in [7, 11) is 0. The minimum atomic E-state index is -0.0498. The lowest BCUT2D eigenvalue weighted by molar-refractivity contribution is -0.120. The molecule has 0 spiro atoms. The summed E-state index contributed by atoms with van der Waals surface area (Å²) in [6.07, 6.45) is 0.359. The van der Waals surface area contributed by atoms with Crippen molar-refractivity contribution in [2.24, 2.45) is 0 Å². The largest absolute Gasteiger partial charge is 0.354 e. The second kappa shape index (κ2) is 5.40. The summed E-state index contributed by atoms with van der Waals surface area (Å²) in [6, 6.07) is 5.23. The van der Waals surface area contributed by atoms with E-state index in [9.17, 15) is 9.59 Å². The third kappa shape index (κ3) is 2.82. The molecule has 96 valence electrons. The van der Waals surface area contributed by atoms with E-state index < -0.39 is 0 Å². The van der Waals surface area contributed by atoms with Crippen LogP contribution in [0.25, 0.3) is 0 Å². The Kier molecular flexibility index (Phi) is 3.87. The number of amides is 2. The molecule has 0 aliphatic carbocycles. The van der Waals surface area contributed by atoms with Crippen molar-refractivity contribution in [3.63, 3.8) is 0 Å². The van der Waals surface area contributed by atoms with Gasteiger partial charge in [0.2, 0.25) is 5.91 Å². The second-order valence-corrected chi connectivity index (χ2v) is 4.76. The molecule has 1 aromatic carbocycles. The van der Waals surface area contributed by atoms with Crippen molar-refractivity contribution in [1.82, 2.24) is 10.2 Å². The average Bonchev–Trinajstić information content (AvgIpc) is 2.57. The highest BCUT2D eigenvalue weighted by molar-refractivity contribution is 6.31. The van der Waals surface area contributed by atoms with Crippen LogP contribution in [0.1, 0.15) is 22.3 Å². The van der Waals surface area contributed by atoms with Gasteiger partial charge < -0.3 is 10.2 Å². The fourth-order valence-electron chi connectivity index (χ4n) is 1.93. The fraction of sp³-hybridized carbons (Fsp3) is 0.385. The number of hydrogen-bond acceptors (Lipinski definition) is 2. The lowest BCUT2D eigenvalue weighted by Crippen LogP contribution is -2.34. The monoisotopic (exact) mass is 266 g/mol. The summed E-state index contributed by atoms with van der Waals surface area (Å²) >= 11 is 5.94. The van der Waals surface area contributed by atoms with E-state index in [2.05, 4.69) is 5.32 Å². The molecule has 1 aliphatic rings. The highest BCUT2D eigenvalue weighted by Crippen LogP contribution is 2.17. The Morgan fingerprint density at radius 3 is 2.89 bits per heavy atom. The molecule has 0 aromatic heterocycles. The van der Waals surface area contributed by atoms with Crippen LogP contribution in [0.4, 0.5) is 0 Å². The van der Waals surface area contributed by atoms with E-state index >= 15 is 0 Å². The van der Waals surface area contributed by atoms with Crippen molar-refractivity contribution < 1.29 is 9.59 Å². The zero-order valence-corrected chi connectivity index (χ0v) is 11.0. The standard InChI is InChI=1S/C13H15ClN2O2/c1-9-8-10(2-3-11(9)14)13(18)16-6-4-12(17)15-5-7-16/h2-3,8H,4-7H2,1H3,(H,15,17). The molecular formula is C13H15ClN2O2. The van der Waals surface area contributed by atoms with Crippen molar-refractivity contribution in [3.8, 4) is 0 Å². The molecule has 0 bridgehead atoms. The fourth-order valence-corrected chi connectivity index (χ4v) is 2.05. The maximum atomic E-state index is 12.3. The van der Waals surface area contributed by atoms with Gasteiger partial charge in [-0.1, -0.05) is 11.6 Å². The molecule has 0 saturated carbocycles. The molecule has 2 rings (SSSR count). The summed E-state index contributed by atoms with van der Waals surface area (Å²) in [6.45, 7) is 3.39. The van der Waals surface area contributed by atoms with Gasteiger partial charge in [-0.3, -0.25) is 9.59 Å². The Morgan fingerprint density at radius 2 is 2.17 bits per heavy atom. The Morgan fingerprint density at radius 1 is 1.39 bits per heavy atom. The predicted octanol–water partition coefficient (Wildman–Crippen LogP) is 1.61. The van der Waals surface area contributed by atoms with Crippen LogP contribution in [0.15, 0.2) is 18.2 Å². The molecule has 0 atom stereocenters. The summed E-state index contributed by atoms with van der Waals surface area (Å²) in [5.41, 5.74) is 1.50. The number of rotatable bonds is 1. The molecule has 1 N–H and O–H groups in total. The number of carbonyl (C=O) groups excluding carboxylic acids is 2. The topological polar surface area (TPSA) is 49.4 Å². The van der Waals surface area contributed by atoms with Crippen molar-refractivity contribution in [3.05, 3.63) is 34.3 Å². The minimum absolute atomic E-state index is 0.00223. The normalized spacial score (nSPS) is 16.1. The van der Waals surface area contributed by atoms with Gasteiger partial charge in [-0.05, 0) is 30.7 Å². The van der Waals surface area contributed by atoms with Gasteiger partial charge >= 0.3 is 0 Å². The first-order chi connectivity index (χ1) is 8.58. The number of aryl methyl sites for hydroxylation is 1. The SMILES string of the molecule is Cc1cc(C(=O)N2CCNC(=O)CC2)ccc1Cl. The highest BCUT2D eigenvalue weighted by atomic mass is 35.5. The van der Waals surface area contributed by atoms with Gasteiger partial charge in [-0.2, -0.15) is 0 Å². The molecule has 1 aliphatic heterocycles. The molecule has 1 heterocycles. The van der Waals surface area contributed by atoms with E-state index in [0.29, 0.717) is 36.6 Å². The van der Waals surface area contributed by atoms with Gasteiger partial charge in [-0.25, -0.2) is 0 Å². The number of halogens is 1. The summed E-state index contributed by atoms with van der Waals surface area (Å²) in [4.78, 5) is 25.2. The lowest BCUT2D eigenvalue weighted by Gasteiger charge is -2.19. The van der Waals surface area contributed by atoms with E-state index in [1.165, 1.54) is 0 Å². The summed E-state index contributed by atoms with van der Waals surface area (Å²) < 4.78 is 0. The average molecular weight is 267 g/mol. The summed E-state index contributed by atoms with van der Waals surface area (Å²) in [5.74, 6) is -0.0520. The number of nitrogens with zero attached hydrogens (tertiary/aromatic N) is 1. The first-order valence-corrected chi connectivity index (χ1v) is 6.28. The van der Waals surface area contributed by atoms with Crippen LogP contribution < -0.4 is 5.32 Å². The highest BCUT2D eigenvalue weighted by Gasteiger charge is 2.19. The third-order valence-electron chi connectivity index (χ3n) is 3.00. The van der Waals surface area contributed by atoms with E-state index in [-0.39, 0.29) is 11.8 Å². The third-order valence-corrected chi connectivity index (χ3v) is 3.43. The first kappa shape index (κ1) is 12.9. The van der Waals surface area contributed by atoms with E-state index in [0.717, 1.165) is 5.56 Å². The van der Waals surface area contributed by atoms with Crippen molar-refractivity contribution >= 4 is 23.4 Å². The van der Waals surface area contributed by atoms with Gasteiger partial charge in [0.15, 0.2) is 0 Å². The maximum Gasteiger partial charge on any atom is 0.253 e. The van der Waals surface area contributed by atoms with Crippen LogP contribution in [-0.4, -0.2) is 36.3 Å². The van der Waals surface area contributed by atoms with E-state index in [1.54, 1.807) is 23.1 Å². The Labute approximate surface area is 111 Å². The molecule has 2 amide bonds. The molecule has 1 fully saturated rings. The first-order valence-electron chi connectivity index (χ1n) is 5.90. The number of hydrogen-bond donors (Lipinski definition) is 1. The Balaban J connectivity index is 2.14. The van der Waals surface area contributed by atoms with Gasteiger partial charge in [-0.15, -0.1) is 0 Å². The van der Waals surface area contributed by atoms with Gasteiger partial charge in [0, 0.05) is 36.6 Å². The number of benzene rings is 1. The van der Waals surface area contributed by atoms with Crippen LogP contribution in [0.3, 0.4) is 0 Å². The van der Waals surface area contributed by atoms with Crippen LogP contribution in [-0.2, 0) is 4.79 Å². The smallest absolute Gasteiger partial charge is 0.253 e. The second-order valence-electron chi connectivity index (χ2n) is 4.36. The van der Waals surface area contributed by atoms with Crippen LogP contribution >= 0.6 is 11.6 Å². The van der Waals surface area contributed by atoms with Gasteiger partial charge in [0.05, 0.1) is 0 Å². The van der Waals surface area contributed by atoms with E-state index in [1.807, 2.05) is 6.92 Å². The van der Waals surface area contributed by atoms with E-state index in [4.69, 9.17) is 11.6 Å². The quantitative estimate of drug-likeness (QED) is 0.840. The molecule has 4 nitrogen and oxygen atoms in total. The van der Waals surface area contributed by atoms with Crippen molar-refractivity contribution in [2.75, 3.05) is 19.6 Å². The van der Waals surface area contributed by atoms with Gasteiger partial charge in [0.1, 0.15) is 0 Å². The molecule has 5 heteroatoms. The lowest BCUT2D eigenvalue weighted by atomic mass is 10.1. The predicted molar refractivity (Wildman–Crippen MR) is 69.7 cm³/mol. The molecule has 18 heavy (non-hydrogen) atoms. The number of nitrogens with one attached hydrogen (secondary N) is 1. The van der Waals surface area contributed by atoms with Crippen LogP contribution in [0.5, 0.6) is 0 Å². The summed E-state index contributed by atoms with van der Waals surface area (Å²) in [5, 5.41) is 3.40. The number of carbonyl (C=O) groups is 2.